The van der Waals surface area contributed by atoms with Gasteiger partial charge in [0.1, 0.15) is 0 Å². The van der Waals surface area contributed by atoms with Crippen molar-refractivity contribution in [1.29, 1.82) is 0 Å². The van der Waals surface area contributed by atoms with Crippen LogP contribution in [0.5, 0.6) is 0 Å². The van der Waals surface area contributed by atoms with Crippen molar-refractivity contribution in [3.8, 4) is 0 Å². The first-order valence-corrected chi connectivity index (χ1v) is 8.10. The molecule has 0 aliphatic heterocycles. The number of hydrogen-bond acceptors (Lipinski definition) is 1. The van der Waals surface area contributed by atoms with Gasteiger partial charge in [-0.3, -0.25) is 0 Å². The lowest BCUT2D eigenvalue weighted by atomic mass is 9.59. The Bertz CT molecular complexity index is 446. The van der Waals surface area contributed by atoms with Gasteiger partial charge in [-0.05, 0) is 37.2 Å². The molecule has 1 saturated carbocycles. The second kappa shape index (κ2) is 6.13. The van der Waals surface area contributed by atoms with Crippen molar-refractivity contribution in [2.75, 3.05) is 7.11 Å². The standard InChI is InChI=1S/C19H26O/c1-20-18-12-10-17(11-13-18)19(14-6-3-7-15-19)16-8-4-2-5-9-16/h2,4-5,8,10-12,16,18H,3,6-7,9,13-15H2,1H3. The highest BCUT2D eigenvalue weighted by molar-refractivity contribution is 5.35. The summed E-state index contributed by atoms with van der Waals surface area (Å²) < 4.78 is 5.45. The molecule has 2 atom stereocenters. The van der Waals surface area contributed by atoms with Gasteiger partial charge in [0.15, 0.2) is 0 Å². The average molecular weight is 270 g/mol. The van der Waals surface area contributed by atoms with Crippen molar-refractivity contribution in [1.82, 2.24) is 0 Å². The smallest absolute Gasteiger partial charge is 0.0789 e. The molecule has 3 aliphatic carbocycles. The summed E-state index contributed by atoms with van der Waals surface area (Å²) in [4.78, 5) is 0. The maximum absolute atomic E-state index is 5.45. The molecule has 1 nitrogen and oxygen atoms in total. The molecule has 0 radical (unpaired) electrons. The van der Waals surface area contributed by atoms with Gasteiger partial charge in [0.05, 0.1) is 6.10 Å². The molecule has 0 amide bonds. The van der Waals surface area contributed by atoms with E-state index in [2.05, 4.69) is 42.5 Å². The molecule has 0 saturated heterocycles. The van der Waals surface area contributed by atoms with Gasteiger partial charge < -0.3 is 4.74 Å². The van der Waals surface area contributed by atoms with Crippen LogP contribution in [0.1, 0.15) is 44.9 Å². The van der Waals surface area contributed by atoms with Gasteiger partial charge in [-0.15, -0.1) is 0 Å². The van der Waals surface area contributed by atoms with E-state index < -0.39 is 0 Å². The van der Waals surface area contributed by atoms with E-state index in [0.717, 1.165) is 6.42 Å². The third kappa shape index (κ3) is 2.56. The maximum atomic E-state index is 5.45. The molecule has 0 aromatic rings. The van der Waals surface area contributed by atoms with Gasteiger partial charge in [0, 0.05) is 12.5 Å². The average Bonchev–Trinajstić information content (AvgIpc) is 2.56. The molecule has 1 fully saturated rings. The molecule has 1 heteroatoms. The monoisotopic (exact) mass is 270 g/mol. The van der Waals surface area contributed by atoms with Crippen LogP contribution in [0.4, 0.5) is 0 Å². The zero-order chi connectivity index (χ0) is 13.8. The first-order valence-electron chi connectivity index (χ1n) is 8.10. The van der Waals surface area contributed by atoms with Crippen molar-refractivity contribution >= 4 is 0 Å². The Kier molecular flexibility index (Phi) is 4.26. The summed E-state index contributed by atoms with van der Waals surface area (Å²) >= 11 is 0. The lowest BCUT2D eigenvalue weighted by molar-refractivity contribution is 0.137. The summed E-state index contributed by atoms with van der Waals surface area (Å²) in [6.07, 6.45) is 25.7. The van der Waals surface area contributed by atoms with E-state index in [9.17, 15) is 0 Å². The fourth-order valence-electron chi connectivity index (χ4n) is 4.19. The Morgan fingerprint density at radius 2 is 1.90 bits per heavy atom. The summed E-state index contributed by atoms with van der Waals surface area (Å²) in [5, 5.41) is 0. The van der Waals surface area contributed by atoms with Crippen molar-refractivity contribution in [2.24, 2.45) is 11.3 Å². The highest BCUT2D eigenvalue weighted by atomic mass is 16.5. The topological polar surface area (TPSA) is 9.23 Å². The van der Waals surface area contributed by atoms with E-state index in [1.54, 1.807) is 12.7 Å². The van der Waals surface area contributed by atoms with Crippen molar-refractivity contribution in [3.05, 3.63) is 48.1 Å². The highest BCUT2D eigenvalue weighted by Gasteiger charge is 2.40. The fraction of sp³-hybridized carbons (Fsp3) is 0.579. The van der Waals surface area contributed by atoms with E-state index in [-0.39, 0.29) is 6.10 Å². The van der Waals surface area contributed by atoms with Crippen LogP contribution in [0, 0.1) is 11.3 Å². The molecule has 0 N–H and O–H groups in total. The third-order valence-electron chi connectivity index (χ3n) is 5.37. The molecule has 2 unspecified atom stereocenters. The number of allylic oxidation sites excluding steroid dienone is 6. The van der Waals surface area contributed by atoms with Crippen LogP contribution < -0.4 is 0 Å². The van der Waals surface area contributed by atoms with Gasteiger partial charge in [-0.25, -0.2) is 0 Å². The van der Waals surface area contributed by atoms with Gasteiger partial charge in [-0.2, -0.15) is 0 Å². The van der Waals surface area contributed by atoms with Gasteiger partial charge >= 0.3 is 0 Å². The molecule has 0 bridgehead atoms. The summed E-state index contributed by atoms with van der Waals surface area (Å²) in [6.45, 7) is 0. The van der Waals surface area contributed by atoms with Crippen molar-refractivity contribution in [3.63, 3.8) is 0 Å². The zero-order valence-corrected chi connectivity index (χ0v) is 12.6. The Morgan fingerprint density at radius 1 is 1.05 bits per heavy atom. The van der Waals surface area contributed by atoms with Crippen LogP contribution in [-0.4, -0.2) is 13.2 Å². The molecular weight excluding hydrogens is 244 g/mol. The quantitative estimate of drug-likeness (QED) is 0.703. The van der Waals surface area contributed by atoms with Gasteiger partial charge in [0.2, 0.25) is 0 Å². The van der Waals surface area contributed by atoms with Crippen LogP contribution in [0.15, 0.2) is 48.1 Å². The summed E-state index contributed by atoms with van der Waals surface area (Å²) in [5.41, 5.74) is 1.96. The number of ether oxygens (including phenoxy) is 1. The number of hydrogen-bond donors (Lipinski definition) is 0. The predicted octanol–water partition coefficient (Wildman–Crippen LogP) is 4.97. The Hall–Kier alpha value is -1.08. The lowest BCUT2D eigenvalue weighted by Gasteiger charge is -2.45. The molecule has 3 rings (SSSR count). The van der Waals surface area contributed by atoms with E-state index in [0.29, 0.717) is 11.3 Å². The van der Waals surface area contributed by atoms with Crippen LogP contribution in [0.3, 0.4) is 0 Å². The summed E-state index contributed by atoms with van der Waals surface area (Å²) in [5.74, 6) is 0.683. The van der Waals surface area contributed by atoms with Crippen LogP contribution in [0.25, 0.3) is 0 Å². The van der Waals surface area contributed by atoms with Crippen molar-refractivity contribution < 1.29 is 4.74 Å². The molecule has 20 heavy (non-hydrogen) atoms. The van der Waals surface area contributed by atoms with E-state index in [4.69, 9.17) is 4.74 Å². The Balaban J connectivity index is 1.86. The Morgan fingerprint density at radius 3 is 2.50 bits per heavy atom. The van der Waals surface area contributed by atoms with Crippen LogP contribution >= 0.6 is 0 Å². The Labute approximate surface area is 123 Å². The minimum absolute atomic E-state index is 0.279. The number of methoxy groups -OCH3 is 1. The second-order valence-electron chi connectivity index (χ2n) is 6.40. The zero-order valence-electron chi connectivity index (χ0n) is 12.6. The molecule has 3 aliphatic rings. The van der Waals surface area contributed by atoms with Gasteiger partial charge in [0.25, 0.3) is 0 Å². The third-order valence-corrected chi connectivity index (χ3v) is 5.37. The first-order chi connectivity index (χ1) is 9.85. The van der Waals surface area contributed by atoms with Crippen LogP contribution in [0.2, 0.25) is 0 Å². The normalized spacial score (nSPS) is 32.1. The first kappa shape index (κ1) is 13.9. The lowest BCUT2D eigenvalue weighted by Crippen LogP contribution is -2.35. The molecule has 0 aromatic carbocycles. The van der Waals surface area contributed by atoms with Gasteiger partial charge in [-0.1, -0.05) is 61.8 Å². The maximum Gasteiger partial charge on any atom is 0.0789 e. The molecule has 0 aromatic heterocycles. The van der Waals surface area contributed by atoms with Crippen LogP contribution in [-0.2, 0) is 4.74 Å². The SMILES string of the molecule is COC1C=CC(C2(C3C=CC=CC3)CCCCC2)=CC1. The molecule has 108 valence electrons. The minimum Gasteiger partial charge on any atom is -0.377 e. The minimum atomic E-state index is 0.279. The summed E-state index contributed by atoms with van der Waals surface area (Å²) in [6, 6.07) is 0. The number of rotatable bonds is 3. The van der Waals surface area contributed by atoms with Crippen molar-refractivity contribution in [2.45, 2.75) is 51.0 Å². The van der Waals surface area contributed by atoms with E-state index >= 15 is 0 Å². The second-order valence-corrected chi connectivity index (χ2v) is 6.40. The molecule has 0 heterocycles. The summed E-state index contributed by atoms with van der Waals surface area (Å²) in [7, 11) is 1.80. The molecule has 0 spiro atoms. The highest BCUT2D eigenvalue weighted by Crippen LogP contribution is 2.51. The van der Waals surface area contributed by atoms with E-state index in [1.165, 1.54) is 38.5 Å². The largest absolute Gasteiger partial charge is 0.377 e. The van der Waals surface area contributed by atoms with E-state index in [1.807, 2.05) is 0 Å². The molecular formula is C19H26O. The predicted molar refractivity (Wildman–Crippen MR) is 84.5 cm³/mol. The fourth-order valence-corrected chi connectivity index (χ4v) is 4.19.